The van der Waals surface area contributed by atoms with Crippen LogP contribution in [-0.4, -0.2) is 17.0 Å². The number of carbonyl (C=O) groups excluding carboxylic acids is 1. The van der Waals surface area contributed by atoms with Crippen LogP contribution in [0.5, 0.6) is 0 Å². The molecular formula is C12H15NO3. The number of hydrogen-bond donors (Lipinski definition) is 2. The zero-order valence-corrected chi connectivity index (χ0v) is 9.36. The van der Waals surface area contributed by atoms with E-state index in [1.165, 1.54) is 6.92 Å². The third-order valence-electron chi connectivity index (χ3n) is 2.69. The Morgan fingerprint density at radius 3 is 2.19 bits per heavy atom. The van der Waals surface area contributed by atoms with Crippen LogP contribution < -0.4 is 5.73 Å². The Morgan fingerprint density at radius 1 is 1.31 bits per heavy atom. The molecule has 0 spiro atoms. The molecule has 0 aliphatic rings. The molecule has 86 valence electrons. The molecule has 0 heterocycles. The van der Waals surface area contributed by atoms with E-state index >= 15 is 0 Å². The Bertz CT molecular complexity index is 395. The highest BCUT2D eigenvalue weighted by Crippen LogP contribution is 2.22. The van der Waals surface area contributed by atoms with Gasteiger partial charge in [-0.3, -0.25) is 9.59 Å². The Hall–Kier alpha value is -1.84. The van der Waals surface area contributed by atoms with Crippen LogP contribution >= 0.6 is 0 Å². The Labute approximate surface area is 94.1 Å². The molecule has 1 unspecified atom stereocenters. The van der Waals surface area contributed by atoms with Gasteiger partial charge < -0.3 is 10.8 Å². The maximum Gasteiger partial charge on any atom is 0.319 e. The molecule has 4 nitrogen and oxygen atoms in total. The van der Waals surface area contributed by atoms with E-state index in [1.54, 1.807) is 12.1 Å². The monoisotopic (exact) mass is 221 g/mol. The minimum absolute atomic E-state index is 0.109. The first-order valence-corrected chi connectivity index (χ1v) is 4.95. The molecule has 1 atom stereocenters. The minimum Gasteiger partial charge on any atom is -0.480 e. The molecule has 0 aliphatic heterocycles. The fourth-order valence-corrected chi connectivity index (χ4v) is 1.38. The van der Waals surface area contributed by atoms with Crippen molar-refractivity contribution < 1.29 is 14.7 Å². The highest BCUT2D eigenvalue weighted by Gasteiger charge is 2.39. The molecule has 1 aromatic carbocycles. The highest BCUT2D eigenvalue weighted by molar-refractivity contribution is 6.00. The summed E-state index contributed by atoms with van der Waals surface area (Å²) in [6.45, 7) is 3.28. The third-order valence-corrected chi connectivity index (χ3v) is 2.69. The zero-order chi connectivity index (χ0) is 12.3. The maximum absolute atomic E-state index is 11.2. The van der Waals surface area contributed by atoms with E-state index in [1.807, 2.05) is 19.1 Å². The second kappa shape index (κ2) is 4.35. The van der Waals surface area contributed by atoms with Gasteiger partial charge in [0, 0.05) is 0 Å². The van der Waals surface area contributed by atoms with Crippen molar-refractivity contribution in [3.63, 3.8) is 0 Å². The van der Waals surface area contributed by atoms with Gasteiger partial charge in [-0.05, 0) is 25.8 Å². The number of carboxylic acids is 1. The second-order valence-electron chi connectivity index (χ2n) is 4.16. The van der Waals surface area contributed by atoms with E-state index in [4.69, 9.17) is 10.8 Å². The van der Waals surface area contributed by atoms with E-state index in [0.29, 0.717) is 0 Å². The van der Waals surface area contributed by atoms with Gasteiger partial charge in [0.25, 0.3) is 0 Å². The van der Waals surface area contributed by atoms with Crippen LogP contribution in [0.3, 0.4) is 0 Å². The fourth-order valence-electron chi connectivity index (χ4n) is 1.38. The lowest BCUT2D eigenvalue weighted by Gasteiger charge is -2.20. The van der Waals surface area contributed by atoms with Crippen LogP contribution in [0.4, 0.5) is 0 Å². The summed E-state index contributed by atoms with van der Waals surface area (Å²) < 4.78 is 0. The molecule has 4 heteroatoms. The second-order valence-corrected chi connectivity index (χ2v) is 4.16. The number of carboxylic acid groups (broad SMARTS) is 1. The van der Waals surface area contributed by atoms with Gasteiger partial charge in [-0.2, -0.15) is 0 Å². The van der Waals surface area contributed by atoms with Crippen molar-refractivity contribution in [3.8, 4) is 0 Å². The van der Waals surface area contributed by atoms with Crippen molar-refractivity contribution in [1.82, 2.24) is 0 Å². The predicted octanol–water partition coefficient (Wildman–Crippen LogP) is 1.11. The molecule has 0 aromatic heterocycles. The van der Waals surface area contributed by atoms with Crippen LogP contribution in [0.2, 0.25) is 0 Å². The quantitative estimate of drug-likeness (QED) is 0.747. The standard InChI is InChI=1S/C12H15NO3/c1-8-3-5-9(6-4-8)7-12(2,10(13)14)11(15)16/h3-6H,7H2,1-2H3,(H2,13,14)(H,15,16). The SMILES string of the molecule is Cc1ccc(CC(C)(C(N)=O)C(=O)O)cc1. The first-order valence-electron chi connectivity index (χ1n) is 4.95. The van der Waals surface area contributed by atoms with Gasteiger partial charge in [0.1, 0.15) is 5.41 Å². The summed E-state index contributed by atoms with van der Waals surface area (Å²) in [7, 11) is 0. The number of amides is 1. The van der Waals surface area contributed by atoms with Gasteiger partial charge >= 0.3 is 5.97 Å². The number of rotatable bonds is 4. The number of aliphatic carboxylic acids is 1. The lowest BCUT2D eigenvalue weighted by atomic mass is 9.83. The smallest absolute Gasteiger partial charge is 0.319 e. The van der Waals surface area contributed by atoms with Crippen molar-refractivity contribution in [2.45, 2.75) is 20.3 Å². The van der Waals surface area contributed by atoms with Crippen LogP contribution in [0, 0.1) is 12.3 Å². The van der Waals surface area contributed by atoms with Gasteiger partial charge in [0.05, 0.1) is 0 Å². The molecule has 3 N–H and O–H groups in total. The summed E-state index contributed by atoms with van der Waals surface area (Å²) in [4.78, 5) is 22.2. The van der Waals surface area contributed by atoms with Gasteiger partial charge in [0.15, 0.2) is 0 Å². The van der Waals surface area contributed by atoms with Crippen LogP contribution in [0.15, 0.2) is 24.3 Å². The minimum atomic E-state index is -1.55. The first kappa shape index (κ1) is 12.2. The molecule has 0 saturated heterocycles. The molecule has 1 aromatic rings. The number of aryl methyl sites for hydroxylation is 1. The number of benzene rings is 1. The van der Waals surface area contributed by atoms with E-state index < -0.39 is 17.3 Å². The number of primary amides is 1. The van der Waals surface area contributed by atoms with E-state index in [9.17, 15) is 9.59 Å². The van der Waals surface area contributed by atoms with Crippen LogP contribution in [-0.2, 0) is 16.0 Å². The Morgan fingerprint density at radius 2 is 1.81 bits per heavy atom. The Balaban J connectivity index is 2.97. The molecule has 0 bridgehead atoms. The Kier molecular flexibility index (Phi) is 3.32. The molecule has 0 aliphatic carbocycles. The topological polar surface area (TPSA) is 80.4 Å². The summed E-state index contributed by atoms with van der Waals surface area (Å²) in [6.07, 6.45) is 0.109. The van der Waals surface area contributed by atoms with E-state index in [0.717, 1.165) is 11.1 Å². The normalized spacial score (nSPS) is 14.1. The van der Waals surface area contributed by atoms with Gasteiger partial charge in [0.2, 0.25) is 5.91 Å². The molecule has 0 saturated carbocycles. The van der Waals surface area contributed by atoms with E-state index in [2.05, 4.69) is 0 Å². The summed E-state index contributed by atoms with van der Waals surface area (Å²) in [6, 6.07) is 7.36. The predicted molar refractivity (Wildman–Crippen MR) is 59.8 cm³/mol. The lowest BCUT2D eigenvalue weighted by molar-refractivity contribution is -0.153. The van der Waals surface area contributed by atoms with Crippen molar-refractivity contribution in [2.75, 3.05) is 0 Å². The molecule has 1 amide bonds. The average molecular weight is 221 g/mol. The number of carbonyl (C=O) groups is 2. The highest BCUT2D eigenvalue weighted by atomic mass is 16.4. The van der Waals surface area contributed by atoms with E-state index in [-0.39, 0.29) is 6.42 Å². The molecule has 0 fully saturated rings. The van der Waals surface area contributed by atoms with Crippen molar-refractivity contribution in [1.29, 1.82) is 0 Å². The van der Waals surface area contributed by atoms with Crippen molar-refractivity contribution in [3.05, 3.63) is 35.4 Å². The van der Waals surface area contributed by atoms with Gasteiger partial charge in [-0.15, -0.1) is 0 Å². The molecule has 16 heavy (non-hydrogen) atoms. The van der Waals surface area contributed by atoms with Crippen LogP contribution in [0.1, 0.15) is 18.1 Å². The van der Waals surface area contributed by atoms with Gasteiger partial charge in [-0.1, -0.05) is 29.8 Å². The molecule has 1 rings (SSSR count). The summed E-state index contributed by atoms with van der Waals surface area (Å²) in [5, 5.41) is 9.02. The molecular weight excluding hydrogens is 206 g/mol. The number of nitrogens with two attached hydrogens (primary N) is 1. The summed E-state index contributed by atoms with van der Waals surface area (Å²) >= 11 is 0. The van der Waals surface area contributed by atoms with Gasteiger partial charge in [-0.25, -0.2) is 0 Å². The number of hydrogen-bond acceptors (Lipinski definition) is 2. The molecule has 0 radical (unpaired) electrons. The van der Waals surface area contributed by atoms with Crippen LogP contribution in [0.25, 0.3) is 0 Å². The third kappa shape index (κ3) is 2.39. The first-order chi connectivity index (χ1) is 7.36. The largest absolute Gasteiger partial charge is 0.480 e. The average Bonchev–Trinajstić information content (AvgIpc) is 2.20. The van der Waals surface area contributed by atoms with Crippen molar-refractivity contribution >= 4 is 11.9 Å². The summed E-state index contributed by atoms with van der Waals surface area (Å²) in [5.41, 5.74) is 5.45. The summed E-state index contributed by atoms with van der Waals surface area (Å²) in [5.74, 6) is -2.01. The van der Waals surface area contributed by atoms with Crippen molar-refractivity contribution in [2.24, 2.45) is 11.1 Å². The maximum atomic E-state index is 11.2. The lowest BCUT2D eigenvalue weighted by Crippen LogP contribution is -2.43. The fraction of sp³-hybridized carbons (Fsp3) is 0.333. The zero-order valence-electron chi connectivity index (χ0n) is 9.36.